The predicted octanol–water partition coefficient (Wildman–Crippen LogP) is 6.18. The molecule has 0 saturated carbocycles. The number of halogens is 1. The van der Waals surface area contributed by atoms with Gasteiger partial charge in [-0.3, -0.25) is 4.99 Å². The summed E-state index contributed by atoms with van der Waals surface area (Å²) in [6.45, 7) is 1.74. The third kappa shape index (κ3) is 4.43. The first-order valence-electron chi connectivity index (χ1n) is 9.53. The van der Waals surface area contributed by atoms with Crippen molar-refractivity contribution in [2.45, 2.75) is 16.6 Å². The molecule has 2 nitrogen and oxygen atoms in total. The van der Waals surface area contributed by atoms with Gasteiger partial charge in [0, 0.05) is 40.0 Å². The van der Waals surface area contributed by atoms with Crippen LogP contribution < -0.4 is 4.90 Å². The van der Waals surface area contributed by atoms with Crippen molar-refractivity contribution < 1.29 is 0 Å². The SMILES string of the molecule is CN1CCN=C(/C=C/c2ccccc2SC2C=CC(Cl)=CC2)c2ccccc21. The largest absolute Gasteiger partial charge is 0.372 e. The number of para-hydroxylation sites is 1. The van der Waals surface area contributed by atoms with Crippen LogP contribution in [0.4, 0.5) is 5.69 Å². The fourth-order valence-electron chi connectivity index (χ4n) is 3.41. The molecular weight excluding hydrogens is 384 g/mol. The van der Waals surface area contributed by atoms with Gasteiger partial charge in [0.05, 0.1) is 12.3 Å². The van der Waals surface area contributed by atoms with E-state index < -0.39 is 0 Å². The first-order valence-corrected chi connectivity index (χ1v) is 10.8. The summed E-state index contributed by atoms with van der Waals surface area (Å²) >= 11 is 7.93. The second kappa shape index (κ2) is 8.85. The van der Waals surface area contributed by atoms with Gasteiger partial charge in [-0.1, -0.05) is 66.2 Å². The van der Waals surface area contributed by atoms with Gasteiger partial charge in [-0.05, 0) is 36.3 Å². The Balaban J connectivity index is 1.58. The molecule has 142 valence electrons. The zero-order valence-electron chi connectivity index (χ0n) is 15.9. The van der Waals surface area contributed by atoms with E-state index in [0.717, 1.165) is 30.3 Å². The number of benzodiazepines with no additional fused rings is 1. The monoisotopic (exact) mass is 406 g/mol. The summed E-state index contributed by atoms with van der Waals surface area (Å²) in [4.78, 5) is 8.38. The molecule has 1 aliphatic carbocycles. The molecule has 0 aromatic heterocycles. The molecule has 1 aliphatic heterocycles. The Morgan fingerprint density at radius 2 is 1.93 bits per heavy atom. The van der Waals surface area contributed by atoms with Crippen molar-refractivity contribution in [2.24, 2.45) is 4.99 Å². The lowest BCUT2D eigenvalue weighted by Crippen LogP contribution is -2.20. The predicted molar refractivity (Wildman–Crippen MR) is 124 cm³/mol. The molecule has 28 heavy (non-hydrogen) atoms. The summed E-state index contributed by atoms with van der Waals surface area (Å²) in [5.41, 5.74) is 4.70. The summed E-state index contributed by atoms with van der Waals surface area (Å²) in [5, 5.41) is 1.25. The Labute approximate surface area is 176 Å². The number of nitrogens with zero attached hydrogens (tertiary/aromatic N) is 2. The number of hydrogen-bond acceptors (Lipinski definition) is 3. The van der Waals surface area contributed by atoms with Crippen LogP contribution in [0.1, 0.15) is 17.5 Å². The molecular formula is C24H23ClN2S. The molecule has 0 radical (unpaired) electrons. The van der Waals surface area contributed by atoms with Gasteiger partial charge in [0.15, 0.2) is 0 Å². The summed E-state index contributed by atoms with van der Waals surface area (Å²) in [5.74, 6) is 0. The molecule has 4 heteroatoms. The normalized spacial score (nSPS) is 19.2. The highest BCUT2D eigenvalue weighted by atomic mass is 35.5. The number of hydrogen-bond donors (Lipinski definition) is 0. The van der Waals surface area contributed by atoms with Crippen LogP contribution in [0.15, 0.2) is 87.8 Å². The van der Waals surface area contributed by atoms with Crippen molar-refractivity contribution in [3.05, 3.63) is 89.0 Å². The van der Waals surface area contributed by atoms with Gasteiger partial charge in [-0.25, -0.2) is 0 Å². The van der Waals surface area contributed by atoms with Crippen LogP contribution in [-0.4, -0.2) is 31.1 Å². The van der Waals surface area contributed by atoms with Gasteiger partial charge in [0.25, 0.3) is 0 Å². The quantitative estimate of drug-likeness (QED) is 0.602. The molecule has 1 unspecified atom stereocenters. The van der Waals surface area contributed by atoms with Gasteiger partial charge in [-0.15, -0.1) is 11.8 Å². The summed E-state index contributed by atoms with van der Waals surface area (Å²) in [6.07, 6.45) is 11.6. The van der Waals surface area contributed by atoms with Crippen molar-refractivity contribution in [3.63, 3.8) is 0 Å². The highest BCUT2D eigenvalue weighted by Crippen LogP contribution is 2.33. The lowest BCUT2D eigenvalue weighted by molar-refractivity contribution is 0.897. The van der Waals surface area contributed by atoms with Crippen LogP contribution in [0.5, 0.6) is 0 Å². The minimum absolute atomic E-state index is 0.418. The molecule has 0 spiro atoms. The molecule has 1 heterocycles. The molecule has 2 aromatic carbocycles. The minimum Gasteiger partial charge on any atom is -0.372 e. The van der Waals surface area contributed by atoms with E-state index in [0.29, 0.717) is 5.25 Å². The molecule has 2 aliphatic rings. The van der Waals surface area contributed by atoms with Crippen molar-refractivity contribution >= 4 is 40.8 Å². The average molecular weight is 407 g/mol. The third-order valence-corrected chi connectivity index (χ3v) is 6.50. The number of thioether (sulfide) groups is 1. The second-order valence-corrected chi connectivity index (χ2v) is 8.63. The van der Waals surface area contributed by atoms with Gasteiger partial charge in [0.2, 0.25) is 0 Å². The number of benzene rings is 2. The number of likely N-dealkylation sites (N-methyl/N-ethyl adjacent to an activating group) is 1. The summed E-state index contributed by atoms with van der Waals surface area (Å²) in [7, 11) is 2.13. The average Bonchev–Trinajstić information content (AvgIpc) is 2.88. The number of fused-ring (bicyclic) bond motifs is 1. The van der Waals surface area contributed by atoms with Crippen molar-refractivity contribution in [1.29, 1.82) is 0 Å². The topological polar surface area (TPSA) is 15.6 Å². The maximum absolute atomic E-state index is 6.05. The van der Waals surface area contributed by atoms with Gasteiger partial charge in [0.1, 0.15) is 0 Å². The second-order valence-electron chi connectivity index (χ2n) is 6.92. The van der Waals surface area contributed by atoms with Crippen LogP contribution in [0.2, 0.25) is 0 Å². The first kappa shape index (κ1) is 19.1. The van der Waals surface area contributed by atoms with Crippen LogP contribution >= 0.6 is 23.4 Å². The first-order chi connectivity index (χ1) is 13.7. The van der Waals surface area contributed by atoms with Crippen molar-refractivity contribution in [1.82, 2.24) is 0 Å². The standard InChI is InChI=1S/C24H23ClN2S/c1-27-17-16-26-22(21-7-3-4-8-23(21)27)15-10-18-6-2-5-9-24(18)28-20-13-11-19(25)12-14-20/h2-13,15,20H,14,16-17H2,1H3/b15-10+. The Morgan fingerprint density at radius 1 is 1.11 bits per heavy atom. The van der Waals surface area contributed by atoms with E-state index >= 15 is 0 Å². The van der Waals surface area contributed by atoms with Crippen molar-refractivity contribution in [2.75, 3.05) is 25.0 Å². The summed E-state index contributed by atoms with van der Waals surface area (Å²) < 4.78 is 0. The smallest absolute Gasteiger partial charge is 0.0668 e. The molecule has 0 fully saturated rings. The minimum atomic E-state index is 0.418. The highest BCUT2D eigenvalue weighted by Gasteiger charge is 2.14. The molecule has 0 amide bonds. The van der Waals surface area contributed by atoms with E-state index in [1.54, 1.807) is 0 Å². The molecule has 0 bridgehead atoms. The van der Waals surface area contributed by atoms with E-state index in [1.807, 2.05) is 17.8 Å². The Bertz CT molecular complexity index is 974. The lowest BCUT2D eigenvalue weighted by atomic mass is 10.1. The maximum atomic E-state index is 6.05. The zero-order valence-corrected chi connectivity index (χ0v) is 17.5. The number of aliphatic imine (C=N–C) groups is 1. The van der Waals surface area contributed by atoms with E-state index in [1.165, 1.54) is 21.7 Å². The maximum Gasteiger partial charge on any atom is 0.0668 e. The van der Waals surface area contributed by atoms with E-state index in [-0.39, 0.29) is 0 Å². The molecule has 0 N–H and O–H groups in total. The van der Waals surface area contributed by atoms with Gasteiger partial charge < -0.3 is 4.90 Å². The van der Waals surface area contributed by atoms with Gasteiger partial charge >= 0.3 is 0 Å². The zero-order chi connectivity index (χ0) is 19.3. The Hall–Kier alpha value is -2.23. The fraction of sp³-hybridized carbons (Fsp3) is 0.208. The van der Waals surface area contributed by atoms with Crippen molar-refractivity contribution in [3.8, 4) is 0 Å². The molecule has 2 aromatic rings. The van der Waals surface area contributed by atoms with E-state index in [4.69, 9.17) is 16.6 Å². The van der Waals surface area contributed by atoms with Gasteiger partial charge in [-0.2, -0.15) is 0 Å². The fourth-order valence-corrected chi connectivity index (χ4v) is 4.68. The third-order valence-electron chi connectivity index (χ3n) is 4.94. The van der Waals surface area contributed by atoms with E-state index in [9.17, 15) is 0 Å². The van der Waals surface area contributed by atoms with E-state index in [2.05, 4.69) is 84.8 Å². The van der Waals surface area contributed by atoms with Crippen LogP contribution in [0, 0.1) is 0 Å². The Kier molecular flexibility index (Phi) is 6.04. The molecule has 4 rings (SSSR count). The summed E-state index contributed by atoms with van der Waals surface area (Å²) in [6, 6.07) is 17.0. The van der Waals surface area contributed by atoms with Crippen LogP contribution in [0.3, 0.4) is 0 Å². The molecule has 1 atom stereocenters. The Morgan fingerprint density at radius 3 is 2.79 bits per heavy atom. The lowest BCUT2D eigenvalue weighted by Gasteiger charge is -2.18. The van der Waals surface area contributed by atoms with Crippen LogP contribution in [-0.2, 0) is 0 Å². The number of anilines is 1. The number of allylic oxidation sites excluding steroid dienone is 4. The molecule has 0 saturated heterocycles. The number of rotatable bonds is 4. The highest BCUT2D eigenvalue weighted by molar-refractivity contribution is 8.00. The van der Waals surface area contributed by atoms with Crippen LogP contribution in [0.25, 0.3) is 6.08 Å².